The van der Waals surface area contributed by atoms with Crippen LogP contribution in [0, 0.1) is 0 Å². The van der Waals surface area contributed by atoms with E-state index in [1.165, 1.54) is 4.57 Å². The largest absolute Gasteiger partial charge is 0.511 e. The number of ether oxygens (including phenoxy) is 1. The minimum atomic E-state index is -0.371. The second kappa shape index (κ2) is 6.67. The molecule has 4 nitrogen and oxygen atoms in total. The summed E-state index contributed by atoms with van der Waals surface area (Å²) in [6.07, 6.45) is 4.73. The average Bonchev–Trinajstić information content (AvgIpc) is 2.74. The maximum atomic E-state index is 11.6. The molecule has 0 saturated heterocycles. The predicted molar refractivity (Wildman–Crippen MR) is 57.6 cm³/mol. The molecule has 17 heavy (non-hydrogen) atoms. The van der Waals surface area contributed by atoms with Gasteiger partial charge in [-0.2, -0.15) is 4.79 Å². The minimum Gasteiger partial charge on any atom is -0.426 e. The second-order valence-electron chi connectivity index (χ2n) is 3.53. The summed E-state index contributed by atoms with van der Waals surface area (Å²) < 4.78 is 8.33. The summed E-state index contributed by atoms with van der Waals surface area (Å²) >= 11 is 0. The first-order valence-electron chi connectivity index (χ1n) is 5.00. The topological polar surface area (TPSA) is 35.1 Å². The van der Waals surface area contributed by atoms with Crippen LogP contribution in [-0.4, -0.2) is 10.7 Å². The van der Waals surface area contributed by atoms with Crippen molar-refractivity contribution in [3.63, 3.8) is 0 Å². The number of hydrogen-bond donors (Lipinski definition) is 0. The fourth-order valence-corrected chi connectivity index (χ4v) is 1.35. The van der Waals surface area contributed by atoms with Crippen molar-refractivity contribution in [3.05, 3.63) is 54.6 Å². The number of rotatable bonds is 2. The van der Waals surface area contributed by atoms with Crippen LogP contribution in [0.1, 0.15) is 5.56 Å². The van der Waals surface area contributed by atoms with E-state index in [0.29, 0.717) is 6.61 Å². The monoisotopic (exact) mass is 306 g/mol. The van der Waals surface area contributed by atoms with Gasteiger partial charge in [0, 0.05) is 32.7 Å². The molecule has 1 heterocycles. The molecule has 0 aliphatic carbocycles. The van der Waals surface area contributed by atoms with Crippen LogP contribution in [0.2, 0.25) is 0 Å². The Hall–Kier alpha value is -0.996. The molecule has 2 rings (SSSR count). The number of aromatic nitrogens is 2. The molecule has 0 amide bonds. The summed E-state index contributed by atoms with van der Waals surface area (Å²) in [5.74, 6) is 0. The van der Waals surface area contributed by atoms with Gasteiger partial charge in [-0.05, 0) is 5.56 Å². The molecule has 1 aromatic heterocycles. The van der Waals surface area contributed by atoms with E-state index in [9.17, 15) is 4.79 Å². The Morgan fingerprint density at radius 1 is 1.35 bits per heavy atom. The van der Waals surface area contributed by atoms with E-state index >= 15 is 0 Å². The number of imidazole rings is 1. The van der Waals surface area contributed by atoms with Crippen LogP contribution in [0.4, 0.5) is 4.79 Å². The van der Waals surface area contributed by atoms with Gasteiger partial charge in [0.15, 0.2) is 0 Å². The third-order valence-corrected chi connectivity index (χ3v) is 2.18. The minimum absolute atomic E-state index is 0. The zero-order valence-electron chi connectivity index (χ0n) is 9.61. The maximum absolute atomic E-state index is 11.6. The van der Waals surface area contributed by atoms with E-state index in [4.69, 9.17) is 4.74 Å². The summed E-state index contributed by atoms with van der Waals surface area (Å²) in [5.41, 5.74) is 0.979. The molecule has 1 radical (unpaired) electrons. The molecular weight excluding hydrogens is 293 g/mol. The number of aryl methyl sites for hydroxylation is 1. The third kappa shape index (κ3) is 4.06. The number of nitrogens with zero attached hydrogens (tertiary/aromatic N) is 2. The Morgan fingerprint density at radius 2 is 2.06 bits per heavy atom. The number of hydrogen-bond acceptors (Lipinski definition) is 2. The van der Waals surface area contributed by atoms with E-state index in [-0.39, 0.29) is 38.8 Å². The van der Waals surface area contributed by atoms with Crippen LogP contribution >= 0.6 is 0 Å². The van der Waals surface area contributed by atoms with Crippen molar-refractivity contribution in [3.8, 4) is 0 Å². The van der Waals surface area contributed by atoms with Crippen molar-refractivity contribution >= 4 is 6.09 Å². The summed E-state index contributed by atoms with van der Waals surface area (Å²) in [7, 11) is 1.85. The summed E-state index contributed by atoms with van der Waals surface area (Å²) in [5, 5.41) is 0. The third-order valence-electron chi connectivity index (χ3n) is 2.18. The Bertz CT molecular complexity index is 482. The van der Waals surface area contributed by atoms with E-state index in [2.05, 4.69) is 0 Å². The quantitative estimate of drug-likeness (QED) is 0.788. The van der Waals surface area contributed by atoms with Crippen molar-refractivity contribution in [1.82, 2.24) is 4.57 Å². The van der Waals surface area contributed by atoms with Crippen molar-refractivity contribution in [1.29, 1.82) is 0 Å². The SMILES string of the molecule is C[n+]1ccn(C(=O)OCc2ccccc2)c1.[Y]. The average molecular weight is 306 g/mol. The molecule has 0 fully saturated rings. The van der Waals surface area contributed by atoms with Crippen LogP contribution < -0.4 is 4.57 Å². The summed E-state index contributed by atoms with van der Waals surface area (Å²) in [6, 6.07) is 9.60. The molecule has 0 unspecified atom stereocenters. The van der Waals surface area contributed by atoms with Gasteiger partial charge in [0.1, 0.15) is 19.0 Å². The van der Waals surface area contributed by atoms with Gasteiger partial charge >= 0.3 is 6.09 Å². The van der Waals surface area contributed by atoms with Crippen molar-refractivity contribution in [2.75, 3.05) is 0 Å². The summed E-state index contributed by atoms with van der Waals surface area (Å²) in [4.78, 5) is 11.6. The zero-order valence-corrected chi connectivity index (χ0v) is 12.5. The van der Waals surface area contributed by atoms with Gasteiger partial charge in [0.2, 0.25) is 0 Å². The molecule has 5 heteroatoms. The van der Waals surface area contributed by atoms with Crippen LogP contribution in [0.5, 0.6) is 0 Å². The van der Waals surface area contributed by atoms with Gasteiger partial charge in [-0.1, -0.05) is 30.3 Å². The standard InChI is InChI=1S/C12H13N2O2.Y/c1-13-7-8-14(10-13)12(15)16-9-11-5-3-2-4-6-11;/h2-8,10H,9H2,1H3;/q+1;. The van der Waals surface area contributed by atoms with Crippen LogP contribution in [-0.2, 0) is 51.1 Å². The Kier molecular flexibility index (Phi) is 5.52. The molecule has 2 aromatic rings. The molecule has 85 valence electrons. The fourth-order valence-electron chi connectivity index (χ4n) is 1.35. The van der Waals surface area contributed by atoms with Gasteiger partial charge in [-0.25, -0.2) is 4.57 Å². The molecule has 0 N–H and O–H groups in total. The van der Waals surface area contributed by atoms with E-state index < -0.39 is 0 Å². The van der Waals surface area contributed by atoms with E-state index in [1.54, 1.807) is 23.3 Å². The van der Waals surface area contributed by atoms with Crippen LogP contribution in [0.15, 0.2) is 49.1 Å². The second-order valence-corrected chi connectivity index (χ2v) is 3.53. The van der Waals surface area contributed by atoms with E-state index in [0.717, 1.165) is 5.56 Å². The molecular formula is C12H13N2O2Y+. The number of benzene rings is 1. The van der Waals surface area contributed by atoms with Gasteiger partial charge in [-0.15, -0.1) is 4.57 Å². The Labute approximate surface area is 125 Å². The molecule has 0 aliphatic heterocycles. The summed E-state index contributed by atoms with van der Waals surface area (Å²) in [6.45, 7) is 0.293. The van der Waals surface area contributed by atoms with Crippen LogP contribution in [0.3, 0.4) is 0 Å². The maximum Gasteiger partial charge on any atom is 0.511 e. The fraction of sp³-hybridized carbons (Fsp3) is 0.167. The van der Waals surface area contributed by atoms with Crippen LogP contribution in [0.25, 0.3) is 0 Å². The first-order chi connectivity index (χ1) is 7.75. The van der Waals surface area contributed by atoms with Gasteiger partial charge < -0.3 is 4.74 Å². The number of carbonyl (C=O) groups is 1. The van der Waals surface area contributed by atoms with Crippen molar-refractivity contribution in [2.24, 2.45) is 7.05 Å². The van der Waals surface area contributed by atoms with Gasteiger partial charge in [0.05, 0.1) is 7.05 Å². The van der Waals surface area contributed by atoms with Gasteiger partial charge in [0.25, 0.3) is 6.33 Å². The molecule has 0 atom stereocenters. The molecule has 1 aromatic carbocycles. The predicted octanol–water partition coefficient (Wildman–Crippen LogP) is 1.50. The van der Waals surface area contributed by atoms with E-state index in [1.807, 2.05) is 37.4 Å². The zero-order chi connectivity index (χ0) is 11.4. The first kappa shape index (κ1) is 14.1. The number of carbonyl (C=O) groups excluding carboxylic acids is 1. The Morgan fingerprint density at radius 3 is 2.65 bits per heavy atom. The smallest absolute Gasteiger partial charge is 0.426 e. The van der Waals surface area contributed by atoms with Gasteiger partial charge in [-0.3, -0.25) is 0 Å². The molecule has 0 aliphatic rings. The molecule has 0 saturated carbocycles. The normalized spacial score (nSPS) is 9.47. The molecule has 0 bridgehead atoms. The van der Waals surface area contributed by atoms with Crippen molar-refractivity contribution < 1.29 is 46.8 Å². The Balaban J connectivity index is 0.00000144. The first-order valence-corrected chi connectivity index (χ1v) is 5.00. The van der Waals surface area contributed by atoms with Crippen molar-refractivity contribution in [2.45, 2.75) is 6.61 Å². The molecule has 0 spiro atoms.